The standard InChI is InChI=1S/C12H15ClO4/c13-5-1-2-9-6-8(7-14)3-4-10(9)11(15)12(16)17/h3-4,6,11,14-15H,1-2,5,7H2,(H,16,17). The highest BCUT2D eigenvalue weighted by atomic mass is 35.5. The van der Waals surface area contributed by atoms with Crippen molar-refractivity contribution in [3.05, 3.63) is 34.9 Å². The van der Waals surface area contributed by atoms with Crippen molar-refractivity contribution >= 4 is 17.6 Å². The van der Waals surface area contributed by atoms with Crippen molar-refractivity contribution in [3.8, 4) is 0 Å². The van der Waals surface area contributed by atoms with Gasteiger partial charge >= 0.3 is 5.97 Å². The lowest BCUT2D eigenvalue weighted by atomic mass is 9.96. The van der Waals surface area contributed by atoms with Crippen LogP contribution in [-0.4, -0.2) is 27.2 Å². The van der Waals surface area contributed by atoms with Crippen LogP contribution in [0.3, 0.4) is 0 Å². The van der Waals surface area contributed by atoms with E-state index in [1.165, 1.54) is 6.07 Å². The SMILES string of the molecule is O=C(O)C(O)c1ccc(CO)cc1CCCCl. The van der Waals surface area contributed by atoms with Gasteiger partial charge in [0.05, 0.1) is 6.61 Å². The molecule has 0 saturated heterocycles. The zero-order valence-electron chi connectivity index (χ0n) is 9.27. The van der Waals surface area contributed by atoms with Crippen LogP contribution >= 0.6 is 11.6 Å². The van der Waals surface area contributed by atoms with Crippen molar-refractivity contribution in [2.24, 2.45) is 0 Å². The lowest BCUT2D eigenvalue weighted by molar-refractivity contribution is -0.147. The van der Waals surface area contributed by atoms with Gasteiger partial charge in [0.25, 0.3) is 0 Å². The molecule has 0 aliphatic carbocycles. The smallest absolute Gasteiger partial charge is 0.337 e. The number of aliphatic hydroxyl groups is 2. The molecule has 1 aromatic carbocycles. The fourth-order valence-electron chi connectivity index (χ4n) is 1.63. The molecule has 0 amide bonds. The first-order chi connectivity index (χ1) is 8.10. The Balaban J connectivity index is 3.05. The lowest BCUT2D eigenvalue weighted by Gasteiger charge is -2.13. The zero-order valence-corrected chi connectivity index (χ0v) is 10.0. The summed E-state index contributed by atoms with van der Waals surface area (Å²) in [7, 11) is 0. The van der Waals surface area contributed by atoms with Gasteiger partial charge in [-0.25, -0.2) is 4.79 Å². The minimum Gasteiger partial charge on any atom is -0.479 e. The molecule has 0 aromatic heterocycles. The van der Waals surface area contributed by atoms with E-state index in [0.29, 0.717) is 35.4 Å². The van der Waals surface area contributed by atoms with E-state index in [2.05, 4.69) is 0 Å². The highest BCUT2D eigenvalue weighted by Gasteiger charge is 2.19. The molecule has 94 valence electrons. The Hall–Kier alpha value is -1.10. The zero-order chi connectivity index (χ0) is 12.8. The van der Waals surface area contributed by atoms with Gasteiger partial charge in [-0.05, 0) is 29.5 Å². The molecule has 5 heteroatoms. The summed E-state index contributed by atoms with van der Waals surface area (Å²) in [5, 5.41) is 27.4. The second kappa shape index (κ2) is 6.59. The van der Waals surface area contributed by atoms with Crippen LogP contribution < -0.4 is 0 Å². The molecule has 0 heterocycles. The number of hydrogen-bond donors (Lipinski definition) is 3. The molecule has 0 aliphatic heterocycles. The maximum absolute atomic E-state index is 10.8. The van der Waals surface area contributed by atoms with E-state index in [1.54, 1.807) is 12.1 Å². The van der Waals surface area contributed by atoms with Crippen LogP contribution in [0.5, 0.6) is 0 Å². The minimum absolute atomic E-state index is 0.114. The van der Waals surface area contributed by atoms with E-state index in [1.807, 2.05) is 0 Å². The molecule has 1 rings (SSSR count). The van der Waals surface area contributed by atoms with Crippen LogP contribution in [0.2, 0.25) is 0 Å². The quantitative estimate of drug-likeness (QED) is 0.675. The molecule has 17 heavy (non-hydrogen) atoms. The van der Waals surface area contributed by atoms with Gasteiger partial charge < -0.3 is 15.3 Å². The summed E-state index contributed by atoms with van der Waals surface area (Å²) < 4.78 is 0. The average molecular weight is 259 g/mol. The maximum atomic E-state index is 10.8. The summed E-state index contributed by atoms with van der Waals surface area (Å²) in [5.41, 5.74) is 1.77. The second-order valence-electron chi connectivity index (χ2n) is 3.72. The van der Waals surface area contributed by atoms with Crippen molar-refractivity contribution in [1.29, 1.82) is 0 Å². The van der Waals surface area contributed by atoms with Gasteiger partial charge in [0, 0.05) is 5.88 Å². The van der Waals surface area contributed by atoms with Crippen LogP contribution in [0.25, 0.3) is 0 Å². The number of alkyl halides is 1. The minimum atomic E-state index is -1.53. The first-order valence-corrected chi connectivity index (χ1v) is 5.83. The number of aliphatic carboxylic acids is 1. The summed E-state index contributed by atoms with van der Waals surface area (Å²) >= 11 is 5.59. The number of benzene rings is 1. The third-order valence-electron chi connectivity index (χ3n) is 2.50. The maximum Gasteiger partial charge on any atom is 0.337 e. The van der Waals surface area contributed by atoms with Gasteiger partial charge in [0.2, 0.25) is 0 Å². The summed E-state index contributed by atoms with van der Waals surface area (Å²) in [5.74, 6) is -0.819. The van der Waals surface area contributed by atoms with E-state index in [4.69, 9.17) is 21.8 Å². The van der Waals surface area contributed by atoms with E-state index >= 15 is 0 Å². The number of carboxylic acids is 1. The van der Waals surface area contributed by atoms with Gasteiger partial charge in [0.15, 0.2) is 6.10 Å². The Labute approximate surface area is 104 Å². The van der Waals surface area contributed by atoms with Gasteiger partial charge in [-0.3, -0.25) is 0 Å². The predicted molar refractivity (Wildman–Crippen MR) is 64.0 cm³/mol. The Bertz CT molecular complexity index is 392. The number of carbonyl (C=O) groups is 1. The molecule has 1 atom stereocenters. The van der Waals surface area contributed by atoms with Crippen LogP contribution in [-0.2, 0) is 17.8 Å². The monoisotopic (exact) mass is 258 g/mol. The summed E-state index contributed by atoms with van der Waals surface area (Å²) in [6, 6.07) is 4.84. The Morgan fingerprint density at radius 2 is 2.12 bits per heavy atom. The normalized spacial score (nSPS) is 12.4. The van der Waals surface area contributed by atoms with Crippen molar-refractivity contribution < 1.29 is 20.1 Å². The van der Waals surface area contributed by atoms with E-state index in [-0.39, 0.29) is 6.61 Å². The van der Waals surface area contributed by atoms with Gasteiger partial charge in [-0.15, -0.1) is 11.6 Å². The topological polar surface area (TPSA) is 77.8 Å². The molecule has 4 nitrogen and oxygen atoms in total. The largest absolute Gasteiger partial charge is 0.479 e. The van der Waals surface area contributed by atoms with Crippen LogP contribution in [0, 0.1) is 0 Å². The number of carboxylic acid groups (broad SMARTS) is 1. The average Bonchev–Trinajstić information content (AvgIpc) is 2.34. The second-order valence-corrected chi connectivity index (χ2v) is 4.10. The van der Waals surface area contributed by atoms with Gasteiger partial charge in [0.1, 0.15) is 0 Å². The Morgan fingerprint density at radius 1 is 1.41 bits per heavy atom. The fourth-order valence-corrected chi connectivity index (χ4v) is 1.76. The summed E-state index contributed by atoms with van der Waals surface area (Å²) in [4.78, 5) is 10.8. The van der Waals surface area contributed by atoms with E-state index in [9.17, 15) is 9.90 Å². The number of aryl methyl sites for hydroxylation is 1. The van der Waals surface area contributed by atoms with Crippen molar-refractivity contribution in [3.63, 3.8) is 0 Å². The Kier molecular flexibility index (Phi) is 5.41. The molecular formula is C12H15ClO4. The number of rotatable bonds is 6. The van der Waals surface area contributed by atoms with E-state index < -0.39 is 12.1 Å². The number of halogens is 1. The van der Waals surface area contributed by atoms with Crippen molar-refractivity contribution in [1.82, 2.24) is 0 Å². The van der Waals surface area contributed by atoms with E-state index in [0.717, 1.165) is 0 Å². The molecule has 0 aliphatic rings. The number of hydrogen-bond acceptors (Lipinski definition) is 3. The molecule has 1 unspecified atom stereocenters. The molecule has 3 N–H and O–H groups in total. The summed E-state index contributed by atoms with van der Waals surface area (Å²) in [6.45, 7) is -0.114. The molecule has 0 saturated carbocycles. The highest BCUT2D eigenvalue weighted by Crippen LogP contribution is 2.21. The fraction of sp³-hybridized carbons (Fsp3) is 0.417. The van der Waals surface area contributed by atoms with Crippen LogP contribution in [0.4, 0.5) is 0 Å². The van der Waals surface area contributed by atoms with Crippen LogP contribution in [0.1, 0.15) is 29.2 Å². The Morgan fingerprint density at radius 3 is 2.65 bits per heavy atom. The third-order valence-corrected chi connectivity index (χ3v) is 2.77. The van der Waals surface area contributed by atoms with Crippen molar-refractivity contribution in [2.75, 3.05) is 5.88 Å². The van der Waals surface area contributed by atoms with Gasteiger partial charge in [-0.2, -0.15) is 0 Å². The van der Waals surface area contributed by atoms with Crippen molar-refractivity contribution in [2.45, 2.75) is 25.6 Å². The molecular weight excluding hydrogens is 244 g/mol. The predicted octanol–water partition coefficient (Wildman–Crippen LogP) is 1.47. The van der Waals surface area contributed by atoms with Crippen LogP contribution in [0.15, 0.2) is 18.2 Å². The summed E-state index contributed by atoms with van der Waals surface area (Å²) in [6.07, 6.45) is -0.264. The highest BCUT2D eigenvalue weighted by molar-refractivity contribution is 6.17. The molecule has 0 spiro atoms. The molecule has 1 aromatic rings. The van der Waals surface area contributed by atoms with Gasteiger partial charge in [-0.1, -0.05) is 18.2 Å². The molecule has 0 fully saturated rings. The molecule has 0 bridgehead atoms. The first kappa shape index (κ1) is 14.0. The first-order valence-electron chi connectivity index (χ1n) is 5.29. The molecule has 0 radical (unpaired) electrons. The lowest BCUT2D eigenvalue weighted by Crippen LogP contribution is -2.13. The number of aliphatic hydroxyl groups excluding tert-OH is 2. The third kappa shape index (κ3) is 3.70.